The Morgan fingerprint density at radius 1 is 1.05 bits per heavy atom. The summed E-state index contributed by atoms with van der Waals surface area (Å²) in [6.07, 6.45) is 7.40. The first-order chi connectivity index (χ1) is 9.79. The fourth-order valence-electron chi connectivity index (χ4n) is 2.28. The van der Waals surface area contributed by atoms with Crippen LogP contribution in [0.3, 0.4) is 0 Å². The van der Waals surface area contributed by atoms with Crippen molar-refractivity contribution >= 4 is 0 Å². The summed E-state index contributed by atoms with van der Waals surface area (Å²) in [5.41, 5.74) is 7.41. The second-order valence-electron chi connectivity index (χ2n) is 5.19. The quantitative estimate of drug-likeness (QED) is 0.621. The standard InChI is InChI=1S/C17H29NO2/c1-3-4-5-6-7-11-16(18)15-10-8-9-12-17(15)20-14-13-19-2/h8-10,12,16H,3-7,11,13-14,18H2,1-2H3. The van der Waals surface area contributed by atoms with Crippen molar-refractivity contribution < 1.29 is 9.47 Å². The van der Waals surface area contributed by atoms with Gasteiger partial charge >= 0.3 is 0 Å². The average molecular weight is 279 g/mol. The number of unbranched alkanes of at least 4 members (excludes halogenated alkanes) is 4. The normalized spacial score (nSPS) is 12.3. The molecule has 3 nitrogen and oxygen atoms in total. The van der Waals surface area contributed by atoms with E-state index in [9.17, 15) is 0 Å². The molecule has 0 heterocycles. The predicted molar refractivity (Wildman–Crippen MR) is 84.1 cm³/mol. The van der Waals surface area contributed by atoms with Gasteiger partial charge in [0.2, 0.25) is 0 Å². The van der Waals surface area contributed by atoms with Crippen LogP contribution in [0.5, 0.6) is 5.75 Å². The Labute approximate surface area is 123 Å². The fraction of sp³-hybridized carbons (Fsp3) is 0.647. The van der Waals surface area contributed by atoms with Crippen molar-refractivity contribution in [2.45, 2.75) is 51.5 Å². The van der Waals surface area contributed by atoms with Gasteiger partial charge in [-0.15, -0.1) is 0 Å². The van der Waals surface area contributed by atoms with E-state index in [4.69, 9.17) is 15.2 Å². The Bertz CT molecular complexity index is 355. The van der Waals surface area contributed by atoms with E-state index in [1.54, 1.807) is 7.11 Å². The van der Waals surface area contributed by atoms with Crippen LogP contribution in [-0.4, -0.2) is 20.3 Å². The molecule has 20 heavy (non-hydrogen) atoms. The molecule has 0 aliphatic rings. The van der Waals surface area contributed by atoms with E-state index in [2.05, 4.69) is 13.0 Å². The lowest BCUT2D eigenvalue weighted by Crippen LogP contribution is -2.13. The minimum absolute atomic E-state index is 0.0652. The number of benzene rings is 1. The van der Waals surface area contributed by atoms with Gasteiger partial charge < -0.3 is 15.2 Å². The Hall–Kier alpha value is -1.06. The van der Waals surface area contributed by atoms with Crippen LogP contribution in [0.15, 0.2) is 24.3 Å². The number of methoxy groups -OCH3 is 1. The van der Waals surface area contributed by atoms with Gasteiger partial charge in [0.15, 0.2) is 0 Å². The van der Waals surface area contributed by atoms with Crippen molar-refractivity contribution in [3.8, 4) is 5.75 Å². The first-order valence-electron chi connectivity index (χ1n) is 7.75. The van der Waals surface area contributed by atoms with Crippen LogP contribution in [0, 0.1) is 0 Å². The van der Waals surface area contributed by atoms with Gasteiger partial charge in [0, 0.05) is 18.7 Å². The molecule has 1 rings (SSSR count). The molecule has 1 unspecified atom stereocenters. The Morgan fingerprint density at radius 2 is 1.80 bits per heavy atom. The SMILES string of the molecule is CCCCCCCC(N)c1ccccc1OCCOC. The van der Waals surface area contributed by atoms with E-state index in [1.807, 2.05) is 18.2 Å². The van der Waals surface area contributed by atoms with Gasteiger partial charge in [-0.2, -0.15) is 0 Å². The third-order valence-electron chi connectivity index (χ3n) is 3.48. The van der Waals surface area contributed by atoms with E-state index in [1.165, 1.54) is 32.1 Å². The maximum Gasteiger partial charge on any atom is 0.124 e. The second kappa shape index (κ2) is 10.7. The van der Waals surface area contributed by atoms with E-state index < -0.39 is 0 Å². The van der Waals surface area contributed by atoms with E-state index in [0.29, 0.717) is 13.2 Å². The number of ether oxygens (including phenoxy) is 2. The predicted octanol–water partition coefficient (Wildman–Crippen LogP) is 4.07. The number of rotatable bonds is 11. The lowest BCUT2D eigenvalue weighted by Gasteiger charge is -2.17. The van der Waals surface area contributed by atoms with Gasteiger partial charge in [-0.3, -0.25) is 0 Å². The van der Waals surface area contributed by atoms with Gasteiger partial charge in [0.25, 0.3) is 0 Å². The molecule has 0 amide bonds. The molecule has 1 aromatic carbocycles. The van der Waals surface area contributed by atoms with Crippen LogP contribution in [0.25, 0.3) is 0 Å². The summed E-state index contributed by atoms with van der Waals surface area (Å²) in [4.78, 5) is 0. The van der Waals surface area contributed by atoms with E-state index in [-0.39, 0.29) is 6.04 Å². The van der Waals surface area contributed by atoms with Gasteiger partial charge in [0.1, 0.15) is 12.4 Å². The summed E-state index contributed by atoms with van der Waals surface area (Å²) in [6.45, 7) is 3.40. The third-order valence-corrected chi connectivity index (χ3v) is 3.48. The highest BCUT2D eigenvalue weighted by Crippen LogP contribution is 2.27. The molecule has 3 heteroatoms. The zero-order chi connectivity index (χ0) is 14.6. The summed E-state index contributed by atoms with van der Waals surface area (Å²) in [6, 6.07) is 8.13. The molecular formula is C17H29NO2. The maximum atomic E-state index is 6.30. The van der Waals surface area contributed by atoms with Crippen LogP contribution >= 0.6 is 0 Å². The highest BCUT2D eigenvalue weighted by Gasteiger charge is 2.11. The summed E-state index contributed by atoms with van der Waals surface area (Å²) >= 11 is 0. The van der Waals surface area contributed by atoms with Crippen molar-refractivity contribution in [3.63, 3.8) is 0 Å². The molecule has 1 aromatic rings. The van der Waals surface area contributed by atoms with Gasteiger partial charge in [-0.05, 0) is 12.5 Å². The minimum atomic E-state index is 0.0652. The third kappa shape index (κ3) is 6.40. The Kier molecular flexibility index (Phi) is 9.09. The molecule has 0 radical (unpaired) electrons. The summed E-state index contributed by atoms with van der Waals surface area (Å²) in [7, 11) is 1.68. The number of para-hydroxylation sites is 1. The summed E-state index contributed by atoms with van der Waals surface area (Å²) in [5.74, 6) is 0.894. The fourth-order valence-corrected chi connectivity index (χ4v) is 2.28. The Balaban J connectivity index is 2.43. The number of hydrogen-bond acceptors (Lipinski definition) is 3. The molecule has 0 saturated carbocycles. The van der Waals surface area contributed by atoms with Crippen molar-refractivity contribution in [3.05, 3.63) is 29.8 Å². The van der Waals surface area contributed by atoms with Crippen LogP contribution in [0.2, 0.25) is 0 Å². The minimum Gasteiger partial charge on any atom is -0.491 e. The summed E-state index contributed by atoms with van der Waals surface area (Å²) in [5, 5.41) is 0. The van der Waals surface area contributed by atoms with Crippen molar-refractivity contribution in [2.24, 2.45) is 5.73 Å². The van der Waals surface area contributed by atoms with E-state index in [0.717, 1.165) is 17.7 Å². The first kappa shape index (κ1) is 17.0. The van der Waals surface area contributed by atoms with Crippen LogP contribution in [-0.2, 0) is 4.74 Å². The molecule has 0 bridgehead atoms. The first-order valence-corrected chi connectivity index (χ1v) is 7.75. The average Bonchev–Trinajstić information content (AvgIpc) is 2.47. The highest BCUT2D eigenvalue weighted by molar-refractivity contribution is 5.35. The van der Waals surface area contributed by atoms with Crippen LogP contribution in [0.4, 0.5) is 0 Å². The van der Waals surface area contributed by atoms with Crippen molar-refractivity contribution in [1.82, 2.24) is 0 Å². The van der Waals surface area contributed by atoms with Gasteiger partial charge in [-0.25, -0.2) is 0 Å². The van der Waals surface area contributed by atoms with Gasteiger partial charge in [-0.1, -0.05) is 57.2 Å². The molecule has 0 aliphatic carbocycles. The lowest BCUT2D eigenvalue weighted by atomic mass is 10.00. The topological polar surface area (TPSA) is 44.5 Å². The summed E-state index contributed by atoms with van der Waals surface area (Å²) < 4.78 is 10.7. The van der Waals surface area contributed by atoms with Crippen LogP contribution < -0.4 is 10.5 Å². The van der Waals surface area contributed by atoms with Crippen molar-refractivity contribution in [2.75, 3.05) is 20.3 Å². The number of nitrogens with two attached hydrogens (primary N) is 1. The molecule has 0 saturated heterocycles. The molecule has 0 aliphatic heterocycles. The molecule has 0 fully saturated rings. The maximum absolute atomic E-state index is 6.30. The molecule has 1 atom stereocenters. The van der Waals surface area contributed by atoms with E-state index >= 15 is 0 Å². The number of hydrogen-bond donors (Lipinski definition) is 1. The molecule has 2 N–H and O–H groups in total. The second-order valence-corrected chi connectivity index (χ2v) is 5.19. The molecular weight excluding hydrogens is 250 g/mol. The monoisotopic (exact) mass is 279 g/mol. The zero-order valence-electron chi connectivity index (χ0n) is 12.9. The van der Waals surface area contributed by atoms with Crippen molar-refractivity contribution in [1.29, 1.82) is 0 Å². The molecule has 114 valence electrons. The van der Waals surface area contributed by atoms with Gasteiger partial charge in [0.05, 0.1) is 6.61 Å². The molecule has 0 spiro atoms. The smallest absolute Gasteiger partial charge is 0.124 e. The van der Waals surface area contributed by atoms with Crippen LogP contribution in [0.1, 0.15) is 57.1 Å². The Morgan fingerprint density at radius 3 is 2.55 bits per heavy atom. The largest absolute Gasteiger partial charge is 0.491 e. The lowest BCUT2D eigenvalue weighted by molar-refractivity contribution is 0.145. The zero-order valence-corrected chi connectivity index (χ0v) is 12.9. The molecule has 0 aromatic heterocycles. The highest BCUT2D eigenvalue weighted by atomic mass is 16.5.